The van der Waals surface area contributed by atoms with E-state index in [1.54, 1.807) is 7.11 Å². The highest BCUT2D eigenvalue weighted by Gasteiger charge is 2.50. The maximum atomic E-state index is 11.3. The second-order valence-corrected chi connectivity index (χ2v) is 10.7. The number of methoxy groups -OCH3 is 1. The molecule has 0 bridgehead atoms. The summed E-state index contributed by atoms with van der Waals surface area (Å²) in [6.07, 6.45) is -5.94. The van der Waals surface area contributed by atoms with Crippen LogP contribution in [0.4, 0.5) is 0 Å². The summed E-state index contributed by atoms with van der Waals surface area (Å²) >= 11 is 0. The third-order valence-electron chi connectivity index (χ3n) is 7.50. The Balaban J connectivity index is 1.36. The lowest BCUT2D eigenvalue weighted by Gasteiger charge is -2.45. The third-order valence-corrected chi connectivity index (χ3v) is 7.50. The van der Waals surface area contributed by atoms with Gasteiger partial charge < -0.3 is 38.6 Å². The van der Waals surface area contributed by atoms with Crippen LogP contribution in [0.25, 0.3) is 0 Å². The quantitative estimate of drug-likeness (QED) is 0.196. The Kier molecular flexibility index (Phi) is 11.9. The maximum Gasteiger partial charge on any atom is 0.184 e. The first-order valence-electron chi connectivity index (χ1n) is 14.8. The Bertz CT molecular complexity index is 1350. The summed E-state index contributed by atoms with van der Waals surface area (Å²) in [5.74, 6) is 0.736. The predicted octanol–water partition coefficient (Wildman–Crippen LogP) is 5.05. The van der Waals surface area contributed by atoms with E-state index in [-0.39, 0.29) is 26.4 Å². The monoisotopic (exact) mass is 600 g/mol. The summed E-state index contributed by atoms with van der Waals surface area (Å²) < 4.78 is 36.4. The molecule has 1 aliphatic heterocycles. The Morgan fingerprint density at radius 1 is 0.591 bits per heavy atom. The van der Waals surface area contributed by atoms with Crippen LogP contribution >= 0.6 is 0 Å². The molecule has 5 rings (SSSR count). The second-order valence-electron chi connectivity index (χ2n) is 10.7. The number of aliphatic hydroxyl groups excluding tert-OH is 2. The standard InChI is InChI=1S/C36H40O8/c1-39-30-19-17-29(18-20-30)24-43-35-34(42-23-28-15-9-4-10-16-28)33(41-22-27-13-7-3-8-14-27)32(44-36(35)38)31(37)25-40-21-26-11-5-2-6-12-26/h2-20,31-38H,21-25H2,1H3/t31-,32+,33+,34-,35+,36-/m0/s1. The number of ether oxygens (including phenoxy) is 6. The largest absolute Gasteiger partial charge is 0.497 e. The van der Waals surface area contributed by atoms with Gasteiger partial charge in [-0.3, -0.25) is 0 Å². The minimum absolute atomic E-state index is 0.0275. The van der Waals surface area contributed by atoms with Crippen LogP contribution in [0.5, 0.6) is 5.75 Å². The van der Waals surface area contributed by atoms with E-state index < -0.39 is 36.8 Å². The Morgan fingerprint density at radius 3 is 1.57 bits per heavy atom. The molecule has 1 saturated heterocycles. The number of benzene rings is 4. The molecule has 1 fully saturated rings. The molecule has 8 heteroatoms. The fourth-order valence-corrected chi connectivity index (χ4v) is 5.13. The Labute approximate surface area is 258 Å². The van der Waals surface area contributed by atoms with Gasteiger partial charge in [-0.15, -0.1) is 0 Å². The molecular weight excluding hydrogens is 560 g/mol. The van der Waals surface area contributed by atoms with E-state index in [0.29, 0.717) is 6.61 Å². The summed E-state index contributed by atoms with van der Waals surface area (Å²) in [5.41, 5.74) is 3.77. The molecule has 1 heterocycles. The van der Waals surface area contributed by atoms with Crippen molar-refractivity contribution in [3.63, 3.8) is 0 Å². The molecule has 0 amide bonds. The van der Waals surface area contributed by atoms with Gasteiger partial charge in [0.25, 0.3) is 0 Å². The third kappa shape index (κ3) is 8.97. The van der Waals surface area contributed by atoms with Gasteiger partial charge in [-0.05, 0) is 34.4 Å². The van der Waals surface area contributed by atoms with Gasteiger partial charge in [0, 0.05) is 0 Å². The van der Waals surface area contributed by atoms with Gasteiger partial charge in [-0.2, -0.15) is 0 Å². The highest BCUT2D eigenvalue weighted by Crippen LogP contribution is 2.31. The molecule has 232 valence electrons. The number of hydrogen-bond donors (Lipinski definition) is 2. The van der Waals surface area contributed by atoms with Crippen LogP contribution in [0, 0.1) is 0 Å². The predicted molar refractivity (Wildman–Crippen MR) is 165 cm³/mol. The summed E-state index contributed by atoms with van der Waals surface area (Å²) in [4.78, 5) is 0. The van der Waals surface area contributed by atoms with Gasteiger partial charge in [-0.25, -0.2) is 0 Å². The van der Waals surface area contributed by atoms with Crippen molar-refractivity contribution in [3.05, 3.63) is 138 Å². The first-order valence-corrected chi connectivity index (χ1v) is 14.8. The zero-order valence-corrected chi connectivity index (χ0v) is 24.8. The highest BCUT2D eigenvalue weighted by molar-refractivity contribution is 5.26. The van der Waals surface area contributed by atoms with Crippen LogP contribution in [-0.2, 0) is 50.1 Å². The number of rotatable bonds is 15. The van der Waals surface area contributed by atoms with Gasteiger partial charge in [0.15, 0.2) is 6.29 Å². The Morgan fingerprint density at radius 2 is 1.05 bits per heavy atom. The van der Waals surface area contributed by atoms with Crippen LogP contribution in [0.1, 0.15) is 22.3 Å². The molecule has 8 nitrogen and oxygen atoms in total. The molecule has 0 saturated carbocycles. The smallest absolute Gasteiger partial charge is 0.184 e. The molecular formula is C36H40O8. The lowest BCUT2D eigenvalue weighted by atomic mass is 9.94. The lowest BCUT2D eigenvalue weighted by Crippen LogP contribution is -2.63. The van der Waals surface area contributed by atoms with Gasteiger partial charge in [0.1, 0.15) is 36.3 Å². The van der Waals surface area contributed by atoms with Crippen LogP contribution in [0.15, 0.2) is 115 Å². The van der Waals surface area contributed by atoms with Crippen LogP contribution in [-0.4, -0.2) is 60.7 Å². The van der Waals surface area contributed by atoms with Crippen molar-refractivity contribution >= 4 is 0 Å². The minimum Gasteiger partial charge on any atom is -0.497 e. The van der Waals surface area contributed by atoms with Crippen molar-refractivity contribution < 1.29 is 38.6 Å². The number of aliphatic hydroxyl groups is 2. The lowest BCUT2D eigenvalue weighted by molar-refractivity contribution is -0.325. The van der Waals surface area contributed by atoms with Gasteiger partial charge >= 0.3 is 0 Å². The normalized spacial score (nSPS) is 22.4. The van der Waals surface area contributed by atoms with Crippen LogP contribution in [0.2, 0.25) is 0 Å². The van der Waals surface area contributed by atoms with E-state index in [9.17, 15) is 10.2 Å². The zero-order valence-electron chi connectivity index (χ0n) is 24.8. The van der Waals surface area contributed by atoms with Gasteiger partial charge in [0.2, 0.25) is 0 Å². The summed E-state index contributed by atoms with van der Waals surface area (Å²) in [6.45, 7) is 0.984. The van der Waals surface area contributed by atoms with Crippen LogP contribution < -0.4 is 4.74 Å². The van der Waals surface area contributed by atoms with Crippen molar-refractivity contribution in [2.45, 2.75) is 63.2 Å². The van der Waals surface area contributed by atoms with E-state index in [1.807, 2.05) is 115 Å². The molecule has 2 N–H and O–H groups in total. The molecule has 0 unspecified atom stereocenters. The first-order chi connectivity index (χ1) is 21.6. The van der Waals surface area contributed by atoms with Gasteiger partial charge in [-0.1, -0.05) is 103 Å². The molecule has 0 radical (unpaired) electrons. The van der Waals surface area contributed by atoms with E-state index in [2.05, 4.69) is 0 Å². The zero-order chi connectivity index (χ0) is 30.6. The van der Waals surface area contributed by atoms with Crippen molar-refractivity contribution in [1.82, 2.24) is 0 Å². The Hall–Kier alpha value is -3.60. The summed E-state index contributed by atoms with van der Waals surface area (Å²) in [7, 11) is 1.61. The molecule has 0 aromatic heterocycles. The first kappa shape index (κ1) is 31.8. The highest BCUT2D eigenvalue weighted by atomic mass is 16.7. The van der Waals surface area contributed by atoms with E-state index >= 15 is 0 Å². The van der Waals surface area contributed by atoms with Crippen LogP contribution in [0.3, 0.4) is 0 Å². The topological polar surface area (TPSA) is 95.8 Å². The van der Waals surface area contributed by atoms with E-state index in [4.69, 9.17) is 28.4 Å². The molecule has 0 spiro atoms. The average Bonchev–Trinajstić information content (AvgIpc) is 3.07. The fraction of sp³-hybridized carbons (Fsp3) is 0.333. The molecule has 4 aromatic carbocycles. The van der Waals surface area contributed by atoms with Crippen molar-refractivity contribution in [1.29, 1.82) is 0 Å². The van der Waals surface area contributed by atoms with Crippen molar-refractivity contribution in [2.24, 2.45) is 0 Å². The van der Waals surface area contributed by atoms with Crippen molar-refractivity contribution in [2.75, 3.05) is 13.7 Å². The SMILES string of the molecule is COc1ccc(CO[C@@H]2[C@@H](OCc3ccccc3)[C@H](OCc3ccccc3)[C@@H]([C@@H](O)COCc3ccccc3)O[C@@H]2O)cc1. The molecule has 0 aliphatic carbocycles. The number of hydrogen-bond acceptors (Lipinski definition) is 8. The van der Waals surface area contributed by atoms with Gasteiger partial charge in [0.05, 0.1) is 40.1 Å². The molecule has 4 aromatic rings. The van der Waals surface area contributed by atoms with E-state index in [0.717, 1.165) is 28.0 Å². The second kappa shape index (κ2) is 16.5. The van der Waals surface area contributed by atoms with Crippen molar-refractivity contribution in [3.8, 4) is 5.75 Å². The van der Waals surface area contributed by atoms with E-state index in [1.165, 1.54) is 0 Å². The summed E-state index contributed by atoms with van der Waals surface area (Å²) in [5, 5.41) is 22.6. The molecule has 6 atom stereocenters. The summed E-state index contributed by atoms with van der Waals surface area (Å²) in [6, 6.07) is 36.7. The molecule has 44 heavy (non-hydrogen) atoms. The fourth-order valence-electron chi connectivity index (χ4n) is 5.13. The molecule has 1 aliphatic rings. The average molecular weight is 601 g/mol. The minimum atomic E-state index is -1.39. The maximum absolute atomic E-state index is 11.3.